The van der Waals surface area contributed by atoms with Crippen LogP contribution in [0.1, 0.15) is 41.3 Å². The van der Waals surface area contributed by atoms with Gasteiger partial charge in [0.25, 0.3) is 0 Å². The van der Waals surface area contributed by atoms with Crippen LogP contribution in [0.2, 0.25) is 0 Å². The van der Waals surface area contributed by atoms with Gasteiger partial charge in [0.05, 0.1) is 20.1 Å². The molecule has 1 atom stereocenters. The van der Waals surface area contributed by atoms with Crippen LogP contribution in [-0.4, -0.2) is 31.6 Å². The van der Waals surface area contributed by atoms with Gasteiger partial charge in [-0.1, -0.05) is 24.3 Å². The molecule has 3 rings (SSSR count). The summed E-state index contributed by atoms with van der Waals surface area (Å²) in [7, 11) is 1.56. The molecule has 2 aromatic rings. The topological polar surface area (TPSA) is 61.8 Å². The molecule has 5 heteroatoms. The van der Waals surface area contributed by atoms with Crippen molar-refractivity contribution in [2.45, 2.75) is 38.7 Å². The highest BCUT2D eigenvalue weighted by molar-refractivity contribution is 6.00. The molecule has 0 heterocycles. The molecule has 0 spiro atoms. The lowest BCUT2D eigenvalue weighted by atomic mass is 10.0. The number of hydrogen-bond donors (Lipinski definition) is 0. The van der Waals surface area contributed by atoms with E-state index in [1.165, 1.54) is 11.1 Å². The van der Waals surface area contributed by atoms with Gasteiger partial charge in [-0.25, -0.2) is 0 Å². The number of carbonyl (C=O) groups excluding carboxylic acids is 2. The van der Waals surface area contributed by atoms with Gasteiger partial charge in [0.1, 0.15) is 0 Å². The van der Waals surface area contributed by atoms with Crippen molar-refractivity contribution in [3.63, 3.8) is 0 Å². The minimum Gasteiger partial charge on any atom is -0.493 e. The summed E-state index contributed by atoms with van der Waals surface area (Å²) in [5, 5.41) is 0. The molecular weight excluding hydrogens is 344 g/mol. The second-order valence-electron chi connectivity index (χ2n) is 6.58. The van der Waals surface area contributed by atoms with Crippen LogP contribution in [0.3, 0.4) is 0 Å². The molecule has 0 amide bonds. The number of rotatable bonds is 8. The molecule has 142 valence electrons. The van der Waals surface area contributed by atoms with Gasteiger partial charge < -0.3 is 14.2 Å². The van der Waals surface area contributed by atoms with Crippen LogP contribution in [-0.2, 0) is 22.4 Å². The first-order valence-electron chi connectivity index (χ1n) is 9.20. The Kier molecular flexibility index (Phi) is 6.12. The number of carbonyl (C=O) groups is 2. The molecule has 1 aliphatic carbocycles. The van der Waals surface area contributed by atoms with E-state index in [1.54, 1.807) is 26.2 Å². The summed E-state index contributed by atoms with van der Waals surface area (Å²) in [5.74, 6) is 0.525. The molecule has 0 saturated carbocycles. The van der Waals surface area contributed by atoms with Crippen LogP contribution in [0, 0.1) is 0 Å². The summed E-state index contributed by atoms with van der Waals surface area (Å²) in [4.78, 5) is 24.6. The number of esters is 1. The third-order valence-electron chi connectivity index (χ3n) is 4.69. The zero-order chi connectivity index (χ0) is 19.2. The molecule has 2 aromatic carbocycles. The molecule has 1 unspecified atom stereocenters. The Morgan fingerprint density at radius 1 is 1.04 bits per heavy atom. The predicted molar refractivity (Wildman–Crippen MR) is 101 cm³/mol. The van der Waals surface area contributed by atoms with Gasteiger partial charge in [-0.15, -0.1) is 0 Å². The first kappa shape index (κ1) is 19.0. The van der Waals surface area contributed by atoms with E-state index >= 15 is 0 Å². The molecule has 0 bridgehead atoms. The fourth-order valence-corrected chi connectivity index (χ4v) is 3.25. The third kappa shape index (κ3) is 4.67. The van der Waals surface area contributed by atoms with Gasteiger partial charge in [-0.2, -0.15) is 0 Å². The SMILES string of the molecule is COc1ccccc1OCCC(=O)OC(C)C(=O)c1ccc2c(c1)CCC2. The van der Waals surface area contributed by atoms with Crippen LogP contribution < -0.4 is 9.47 Å². The van der Waals surface area contributed by atoms with Gasteiger partial charge in [-0.05, 0) is 55.5 Å². The Bertz CT molecular complexity index is 827. The van der Waals surface area contributed by atoms with Crippen molar-refractivity contribution >= 4 is 11.8 Å². The van der Waals surface area contributed by atoms with Crippen LogP contribution >= 0.6 is 0 Å². The lowest BCUT2D eigenvalue weighted by Crippen LogP contribution is -2.25. The molecule has 0 radical (unpaired) electrons. The number of ketones is 1. The fraction of sp³-hybridized carbons (Fsp3) is 0.364. The maximum atomic E-state index is 12.5. The van der Waals surface area contributed by atoms with E-state index < -0.39 is 12.1 Å². The zero-order valence-electron chi connectivity index (χ0n) is 15.7. The van der Waals surface area contributed by atoms with Crippen molar-refractivity contribution in [1.29, 1.82) is 0 Å². The van der Waals surface area contributed by atoms with Gasteiger partial charge in [0, 0.05) is 5.56 Å². The quantitative estimate of drug-likeness (QED) is 0.524. The van der Waals surface area contributed by atoms with E-state index in [0.717, 1.165) is 19.3 Å². The number of methoxy groups -OCH3 is 1. The monoisotopic (exact) mass is 368 g/mol. The zero-order valence-corrected chi connectivity index (χ0v) is 15.7. The molecule has 0 aromatic heterocycles. The number of benzene rings is 2. The van der Waals surface area contributed by atoms with Crippen molar-refractivity contribution < 1.29 is 23.8 Å². The molecule has 27 heavy (non-hydrogen) atoms. The average Bonchev–Trinajstić information content (AvgIpc) is 3.15. The standard InChI is InChI=1S/C22H24O5/c1-15(22(24)18-11-10-16-6-5-7-17(16)14-18)27-21(23)12-13-26-20-9-4-3-8-19(20)25-2/h3-4,8-11,14-15H,5-7,12-13H2,1-2H3. The van der Waals surface area contributed by atoms with Crippen molar-refractivity contribution in [2.24, 2.45) is 0 Å². The summed E-state index contributed by atoms with van der Waals surface area (Å²) in [6.07, 6.45) is 2.44. The number of Topliss-reactive ketones (excluding diaryl/α,β-unsaturated/α-hetero) is 1. The Morgan fingerprint density at radius 3 is 2.56 bits per heavy atom. The Balaban J connectivity index is 1.49. The number of para-hydroxylation sites is 2. The smallest absolute Gasteiger partial charge is 0.309 e. The van der Waals surface area contributed by atoms with Gasteiger partial charge in [0.2, 0.25) is 5.78 Å². The molecule has 0 aliphatic heterocycles. The number of fused-ring (bicyclic) bond motifs is 1. The predicted octanol–water partition coefficient (Wildman–Crippen LogP) is 3.77. The highest BCUT2D eigenvalue weighted by atomic mass is 16.6. The Labute approximate surface area is 159 Å². The van der Waals surface area contributed by atoms with Crippen LogP contribution in [0.5, 0.6) is 11.5 Å². The fourth-order valence-electron chi connectivity index (χ4n) is 3.25. The van der Waals surface area contributed by atoms with Crippen molar-refractivity contribution in [2.75, 3.05) is 13.7 Å². The van der Waals surface area contributed by atoms with Crippen LogP contribution in [0.15, 0.2) is 42.5 Å². The maximum absolute atomic E-state index is 12.5. The summed E-state index contributed by atoms with van der Waals surface area (Å²) in [6, 6.07) is 13.0. The second-order valence-corrected chi connectivity index (χ2v) is 6.58. The first-order chi connectivity index (χ1) is 13.1. The van der Waals surface area contributed by atoms with Crippen molar-refractivity contribution in [3.05, 3.63) is 59.2 Å². The summed E-state index contributed by atoms with van der Waals surface area (Å²) >= 11 is 0. The summed E-state index contributed by atoms with van der Waals surface area (Å²) in [5.41, 5.74) is 3.13. The minimum absolute atomic E-state index is 0.0554. The lowest BCUT2D eigenvalue weighted by molar-refractivity contribution is -0.146. The summed E-state index contributed by atoms with van der Waals surface area (Å²) < 4.78 is 16.0. The second kappa shape index (κ2) is 8.71. The summed E-state index contributed by atoms with van der Waals surface area (Å²) in [6.45, 7) is 1.76. The third-order valence-corrected chi connectivity index (χ3v) is 4.69. The van der Waals surface area contributed by atoms with Gasteiger partial charge in [0.15, 0.2) is 17.6 Å². The average molecular weight is 368 g/mol. The maximum Gasteiger partial charge on any atom is 0.309 e. The number of aryl methyl sites for hydroxylation is 2. The number of hydrogen-bond acceptors (Lipinski definition) is 5. The lowest BCUT2D eigenvalue weighted by Gasteiger charge is -2.14. The normalized spacial score (nSPS) is 13.6. The van der Waals surface area contributed by atoms with Crippen LogP contribution in [0.25, 0.3) is 0 Å². The Morgan fingerprint density at radius 2 is 1.78 bits per heavy atom. The highest BCUT2D eigenvalue weighted by Gasteiger charge is 2.21. The van der Waals surface area contributed by atoms with Gasteiger partial charge >= 0.3 is 5.97 Å². The molecule has 0 fully saturated rings. The molecular formula is C22H24O5. The first-order valence-corrected chi connectivity index (χ1v) is 9.20. The molecule has 0 N–H and O–H groups in total. The van der Waals surface area contributed by atoms with E-state index in [4.69, 9.17) is 14.2 Å². The van der Waals surface area contributed by atoms with Crippen molar-refractivity contribution in [1.82, 2.24) is 0 Å². The molecule has 5 nitrogen and oxygen atoms in total. The minimum atomic E-state index is -0.816. The number of ether oxygens (including phenoxy) is 3. The van der Waals surface area contributed by atoms with E-state index in [-0.39, 0.29) is 18.8 Å². The van der Waals surface area contributed by atoms with Crippen LogP contribution in [0.4, 0.5) is 0 Å². The Hall–Kier alpha value is -2.82. The van der Waals surface area contributed by atoms with E-state index in [2.05, 4.69) is 0 Å². The highest BCUT2D eigenvalue weighted by Crippen LogP contribution is 2.26. The van der Waals surface area contributed by atoms with Crippen molar-refractivity contribution in [3.8, 4) is 11.5 Å². The van der Waals surface area contributed by atoms with E-state index in [9.17, 15) is 9.59 Å². The van der Waals surface area contributed by atoms with E-state index in [0.29, 0.717) is 17.1 Å². The van der Waals surface area contributed by atoms with E-state index in [1.807, 2.05) is 30.3 Å². The molecule has 0 saturated heterocycles. The van der Waals surface area contributed by atoms with Gasteiger partial charge in [-0.3, -0.25) is 9.59 Å². The molecule has 1 aliphatic rings. The largest absolute Gasteiger partial charge is 0.493 e.